The van der Waals surface area contributed by atoms with Gasteiger partial charge < -0.3 is 28.5 Å². The van der Waals surface area contributed by atoms with Gasteiger partial charge in [0, 0.05) is 12.8 Å². The quantitative estimate of drug-likeness (QED) is 0.0211. The summed E-state index contributed by atoms with van der Waals surface area (Å²) in [7, 11) is 5.97. The third kappa shape index (κ3) is 72.5. The second kappa shape index (κ2) is 71.0. The average Bonchev–Trinajstić information content (AvgIpc) is 3.46. The lowest BCUT2D eigenvalue weighted by atomic mass is 10.0. The molecule has 0 aliphatic rings. The standard InChI is InChI=1S/C82H137NO8/c1-6-8-10-12-14-16-18-20-22-24-26-28-30-32-34-36-38-40-42-44-46-48-50-52-54-56-58-60-62-64-66-68-70-72-79(84)89-76-78(77-90-82(81(86)87)88-75-74-83(3,4)5)91-80(85)73-71-69-67-65-63-61-59-57-55-53-51-49-47-45-43-41-39-37-35-33-31-29-27-25-23-21-19-17-15-13-11-9-7-2/h9,11,15,17-18,20-21,23-24,26-27,29-30,32-33,35,39,41,45,47,51,53,57,59,78,82H,6-8,10,12-14,16,19,22,25,28,31,34,36-38,40,42-44,46,48-50,52,54-56,58,60-77H2,1-5H3/p+1/b11-9-,17-15-,20-18-,23-21-,26-24-,29-27-,32-30-,35-33-,41-39-,47-45-,53-51-,59-57-. The Morgan fingerprint density at radius 2 is 0.626 bits per heavy atom. The highest BCUT2D eigenvalue weighted by molar-refractivity contribution is 5.71. The van der Waals surface area contributed by atoms with Gasteiger partial charge in [-0.1, -0.05) is 307 Å². The van der Waals surface area contributed by atoms with Crippen molar-refractivity contribution in [2.45, 2.75) is 309 Å². The fourth-order valence-corrected chi connectivity index (χ4v) is 9.96. The molecular weight excluding hydrogens is 1130 g/mol. The van der Waals surface area contributed by atoms with Crippen molar-refractivity contribution in [2.75, 3.05) is 47.5 Å². The van der Waals surface area contributed by atoms with Crippen molar-refractivity contribution in [1.29, 1.82) is 0 Å². The van der Waals surface area contributed by atoms with Crippen LogP contribution < -0.4 is 0 Å². The van der Waals surface area contributed by atoms with E-state index < -0.39 is 24.3 Å². The minimum Gasteiger partial charge on any atom is -0.477 e. The third-order valence-electron chi connectivity index (χ3n) is 15.6. The van der Waals surface area contributed by atoms with Crippen molar-refractivity contribution in [2.24, 2.45) is 0 Å². The smallest absolute Gasteiger partial charge is 0.361 e. The molecule has 0 saturated heterocycles. The van der Waals surface area contributed by atoms with Crippen LogP contribution in [0.3, 0.4) is 0 Å². The molecule has 0 bridgehead atoms. The maximum atomic E-state index is 13.0. The Labute approximate surface area is 560 Å². The summed E-state index contributed by atoms with van der Waals surface area (Å²) >= 11 is 0. The SMILES string of the molecule is CC/C=C\C/C=C\C/C=C\C/C=C\C/C=C\C/C=C\C/C=C\C/C=C\C/C=C\CCCCCCCC(=O)OC(COC(=O)CCCCCCCCCCCCCCCCCCCC/C=C\C/C=C\C/C=C\CCCCCCC)COC(OCC[N+](C)(C)C)C(=O)O. The van der Waals surface area contributed by atoms with E-state index in [0.29, 0.717) is 23.9 Å². The van der Waals surface area contributed by atoms with Crippen molar-refractivity contribution >= 4 is 17.9 Å². The van der Waals surface area contributed by atoms with E-state index in [9.17, 15) is 19.5 Å². The number of carboxylic acids is 1. The van der Waals surface area contributed by atoms with E-state index in [-0.39, 0.29) is 32.2 Å². The molecule has 0 spiro atoms. The Kier molecular flexibility index (Phi) is 67.3. The number of carbonyl (C=O) groups excluding carboxylic acids is 2. The van der Waals surface area contributed by atoms with E-state index in [1.54, 1.807) is 0 Å². The molecule has 0 saturated carbocycles. The second-order valence-corrected chi connectivity index (χ2v) is 25.5. The first-order valence-corrected chi connectivity index (χ1v) is 37.0. The molecule has 0 aromatic heterocycles. The molecule has 0 aromatic carbocycles. The van der Waals surface area contributed by atoms with Crippen molar-refractivity contribution in [3.05, 3.63) is 146 Å². The molecule has 2 atom stereocenters. The molecule has 518 valence electrons. The summed E-state index contributed by atoms with van der Waals surface area (Å²) in [6.07, 6.45) is 101. The van der Waals surface area contributed by atoms with Crippen molar-refractivity contribution in [1.82, 2.24) is 0 Å². The second-order valence-electron chi connectivity index (χ2n) is 25.5. The van der Waals surface area contributed by atoms with Crippen molar-refractivity contribution < 1.29 is 42.9 Å². The Hall–Kier alpha value is -4.83. The Morgan fingerprint density at radius 3 is 0.934 bits per heavy atom. The lowest BCUT2D eigenvalue weighted by Gasteiger charge is -2.25. The zero-order valence-electron chi connectivity index (χ0n) is 59.2. The van der Waals surface area contributed by atoms with Crippen LogP contribution in [0.1, 0.15) is 296 Å². The van der Waals surface area contributed by atoms with E-state index in [2.05, 4.69) is 160 Å². The molecule has 1 N–H and O–H groups in total. The fraction of sp³-hybridized carbons (Fsp3) is 0.671. The van der Waals surface area contributed by atoms with Gasteiger partial charge in [-0.2, -0.15) is 0 Å². The molecular formula is C82H138NO8+. The minimum absolute atomic E-state index is 0.177. The number of quaternary nitrogens is 1. The average molecular weight is 1270 g/mol. The van der Waals surface area contributed by atoms with Crippen LogP contribution in [0.5, 0.6) is 0 Å². The number of unbranched alkanes of at least 4 members (excludes halogenated alkanes) is 28. The van der Waals surface area contributed by atoms with Gasteiger partial charge in [0.1, 0.15) is 13.2 Å². The van der Waals surface area contributed by atoms with Crippen LogP contribution in [-0.2, 0) is 33.3 Å². The monoisotopic (exact) mass is 1270 g/mol. The molecule has 0 rings (SSSR count). The summed E-state index contributed by atoms with van der Waals surface area (Å²) in [6, 6.07) is 0. The lowest BCUT2D eigenvalue weighted by Crippen LogP contribution is -2.40. The summed E-state index contributed by atoms with van der Waals surface area (Å²) in [5, 5.41) is 9.76. The normalized spacial score (nSPS) is 13.5. The third-order valence-corrected chi connectivity index (χ3v) is 15.6. The zero-order valence-corrected chi connectivity index (χ0v) is 59.2. The number of esters is 2. The topological polar surface area (TPSA) is 108 Å². The predicted molar refractivity (Wildman–Crippen MR) is 391 cm³/mol. The molecule has 0 aliphatic heterocycles. The van der Waals surface area contributed by atoms with Gasteiger partial charge in [-0.3, -0.25) is 9.59 Å². The molecule has 91 heavy (non-hydrogen) atoms. The number of hydrogen-bond donors (Lipinski definition) is 1. The first-order chi connectivity index (χ1) is 44.6. The fourth-order valence-electron chi connectivity index (χ4n) is 9.96. The number of nitrogens with zero attached hydrogens (tertiary/aromatic N) is 1. The van der Waals surface area contributed by atoms with Gasteiger partial charge in [0.15, 0.2) is 6.10 Å². The largest absolute Gasteiger partial charge is 0.477 e. The Morgan fingerprint density at radius 1 is 0.341 bits per heavy atom. The van der Waals surface area contributed by atoms with Gasteiger partial charge in [-0.05, 0) is 122 Å². The molecule has 0 heterocycles. The number of hydrogen-bond acceptors (Lipinski definition) is 7. The van der Waals surface area contributed by atoms with Crippen LogP contribution in [0, 0.1) is 0 Å². The molecule has 9 nitrogen and oxygen atoms in total. The summed E-state index contributed by atoms with van der Waals surface area (Å²) in [6.45, 7) is 4.74. The van der Waals surface area contributed by atoms with Crippen LogP contribution in [0.4, 0.5) is 0 Å². The maximum absolute atomic E-state index is 13.0. The van der Waals surface area contributed by atoms with E-state index in [1.165, 1.54) is 141 Å². The van der Waals surface area contributed by atoms with E-state index in [1.807, 2.05) is 21.1 Å². The summed E-state index contributed by atoms with van der Waals surface area (Å²) in [5.74, 6) is -2.04. The maximum Gasteiger partial charge on any atom is 0.361 e. The Bertz CT molecular complexity index is 2010. The molecule has 0 radical (unpaired) electrons. The zero-order chi connectivity index (χ0) is 66.1. The van der Waals surface area contributed by atoms with Crippen LogP contribution in [0.25, 0.3) is 0 Å². The Balaban J connectivity index is 4.17. The summed E-state index contributed by atoms with van der Waals surface area (Å²) in [4.78, 5) is 37.7. The van der Waals surface area contributed by atoms with Crippen molar-refractivity contribution in [3.63, 3.8) is 0 Å². The first-order valence-electron chi connectivity index (χ1n) is 37.0. The highest BCUT2D eigenvalue weighted by Gasteiger charge is 2.25. The molecule has 0 amide bonds. The molecule has 2 unspecified atom stereocenters. The van der Waals surface area contributed by atoms with Crippen molar-refractivity contribution in [3.8, 4) is 0 Å². The minimum atomic E-state index is -1.53. The van der Waals surface area contributed by atoms with Gasteiger partial charge in [0.05, 0.1) is 34.4 Å². The summed E-state index contributed by atoms with van der Waals surface area (Å²) in [5.41, 5.74) is 0. The van der Waals surface area contributed by atoms with Gasteiger partial charge in [0.25, 0.3) is 6.29 Å². The molecule has 0 fully saturated rings. The van der Waals surface area contributed by atoms with E-state index in [0.717, 1.165) is 122 Å². The number of rotatable bonds is 67. The van der Waals surface area contributed by atoms with Gasteiger partial charge in [-0.15, -0.1) is 0 Å². The highest BCUT2D eigenvalue weighted by Crippen LogP contribution is 2.17. The van der Waals surface area contributed by atoms with Gasteiger partial charge >= 0.3 is 17.9 Å². The number of likely N-dealkylation sites (N-methyl/N-ethyl adjacent to an activating group) is 1. The van der Waals surface area contributed by atoms with Crippen LogP contribution in [0.2, 0.25) is 0 Å². The highest BCUT2D eigenvalue weighted by atomic mass is 16.7. The lowest BCUT2D eigenvalue weighted by molar-refractivity contribution is -0.870. The number of carboxylic acid groups (broad SMARTS) is 1. The van der Waals surface area contributed by atoms with Gasteiger partial charge in [0.2, 0.25) is 0 Å². The van der Waals surface area contributed by atoms with E-state index >= 15 is 0 Å². The molecule has 0 aliphatic carbocycles. The number of aliphatic carboxylic acids is 1. The molecule has 9 heteroatoms. The molecule has 0 aromatic rings. The van der Waals surface area contributed by atoms with Crippen LogP contribution >= 0.6 is 0 Å². The predicted octanol–water partition coefficient (Wildman–Crippen LogP) is 23.5. The van der Waals surface area contributed by atoms with Crippen LogP contribution in [-0.4, -0.2) is 87.4 Å². The number of carbonyl (C=O) groups is 3. The van der Waals surface area contributed by atoms with Gasteiger partial charge in [-0.25, -0.2) is 4.79 Å². The number of allylic oxidation sites excluding steroid dienone is 24. The number of ether oxygens (including phenoxy) is 4. The van der Waals surface area contributed by atoms with E-state index in [4.69, 9.17) is 18.9 Å². The summed E-state index contributed by atoms with van der Waals surface area (Å²) < 4.78 is 23.0. The first kappa shape index (κ1) is 86.2. The van der Waals surface area contributed by atoms with Crippen LogP contribution in [0.15, 0.2) is 146 Å².